The van der Waals surface area contributed by atoms with E-state index in [1.54, 1.807) is 4.90 Å². The van der Waals surface area contributed by atoms with E-state index in [2.05, 4.69) is 23.5 Å². The zero-order valence-corrected chi connectivity index (χ0v) is 17.7. The number of nitrogens with zero attached hydrogens (tertiary/aromatic N) is 1. The topological polar surface area (TPSA) is 50.8 Å². The van der Waals surface area contributed by atoms with Gasteiger partial charge in [0.25, 0.3) is 0 Å². The third-order valence-corrected chi connectivity index (χ3v) is 6.74. The van der Waals surface area contributed by atoms with E-state index in [9.17, 15) is 4.79 Å². The lowest BCUT2D eigenvalue weighted by molar-refractivity contribution is 0.0408. The first-order chi connectivity index (χ1) is 15.1. The van der Waals surface area contributed by atoms with Crippen LogP contribution in [-0.4, -0.2) is 48.9 Å². The Morgan fingerprint density at radius 1 is 1.19 bits per heavy atom. The molecule has 1 aliphatic carbocycles. The van der Waals surface area contributed by atoms with Crippen molar-refractivity contribution in [3.63, 3.8) is 0 Å². The van der Waals surface area contributed by atoms with Gasteiger partial charge in [-0.3, -0.25) is 0 Å². The number of fused-ring (bicyclic) bond motifs is 1. The van der Waals surface area contributed by atoms with Gasteiger partial charge in [-0.25, -0.2) is 9.18 Å². The Morgan fingerprint density at radius 3 is 2.81 bits per heavy atom. The van der Waals surface area contributed by atoms with Gasteiger partial charge in [0.15, 0.2) is 0 Å². The smallest absolute Gasteiger partial charge is 0.410 e. The van der Waals surface area contributed by atoms with Gasteiger partial charge in [0.2, 0.25) is 0 Å². The summed E-state index contributed by atoms with van der Waals surface area (Å²) in [6.07, 6.45) is 2.35. The minimum Gasteiger partial charge on any atom is -0.493 e. The molecule has 5 rings (SSSR count). The number of alkyl halides is 1. The first-order valence-electron chi connectivity index (χ1n) is 11.2. The number of rotatable bonds is 6. The second-order valence-corrected chi connectivity index (χ2v) is 8.97. The van der Waals surface area contributed by atoms with Crippen LogP contribution in [0.15, 0.2) is 48.5 Å². The van der Waals surface area contributed by atoms with Crippen LogP contribution in [0.1, 0.15) is 41.9 Å². The zero-order valence-electron chi connectivity index (χ0n) is 17.7. The summed E-state index contributed by atoms with van der Waals surface area (Å²) in [5.74, 6) is 1.47. The summed E-state index contributed by atoms with van der Waals surface area (Å²) in [6, 6.07) is 16.4. The first kappa shape index (κ1) is 20.3. The Labute approximate surface area is 182 Å². The van der Waals surface area contributed by atoms with Crippen LogP contribution in [0.5, 0.6) is 5.75 Å². The normalized spacial score (nSPS) is 23.7. The minimum absolute atomic E-state index is 0.246. The maximum absolute atomic E-state index is 15.3. The van der Waals surface area contributed by atoms with Crippen molar-refractivity contribution >= 4 is 6.09 Å². The number of ether oxygens (including phenoxy) is 2. The number of hydrogen-bond acceptors (Lipinski definition) is 4. The molecule has 0 spiro atoms. The lowest BCUT2D eigenvalue weighted by Gasteiger charge is -2.36. The number of halogens is 1. The predicted octanol–water partition coefficient (Wildman–Crippen LogP) is 4.21. The van der Waals surface area contributed by atoms with Crippen molar-refractivity contribution in [3.05, 3.63) is 65.2 Å². The summed E-state index contributed by atoms with van der Waals surface area (Å²) in [5.41, 5.74) is 2.30. The molecule has 2 unspecified atom stereocenters. The number of amides is 1. The maximum atomic E-state index is 15.3. The molecule has 0 bridgehead atoms. The Hall–Kier alpha value is -2.60. The molecule has 2 fully saturated rings. The summed E-state index contributed by atoms with van der Waals surface area (Å²) in [5, 5.41) is 3.43. The highest BCUT2D eigenvalue weighted by molar-refractivity contribution is 5.67. The van der Waals surface area contributed by atoms with Crippen LogP contribution in [0.3, 0.4) is 0 Å². The lowest BCUT2D eigenvalue weighted by atomic mass is 9.93. The van der Waals surface area contributed by atoms with Gasteiger partial charge >= 0.3 is 6.09 Å². The van der Waals surface area contributed by atoms with Gasteiger partial charge in [0.05, 0.1) is 6.61 Å². The van der Waals surface area contributed by atoms with Gasteiger partial charge in [-0.15, -0.1) is 0 Å². The number of carbonyl (C=O) groups excluding carboxylic acids is 1. The molecule has 0 aromatic heterocycles. The van der Waals surface area contributed by atoms with E-state index < -0.39 is 5.67 Å². The van der Waals surface area contributed by atoms with E-state index >= 15 is 4.39 Å². The summed E-state index contributed by atoms with van der Waals surface area (Å²) in [4.78, 5) is 13.9. The lowest BCUT2D eigenvalue weighted by Crippen LogP contribution is -2.49. The van der Waals surface area contributed by atoms with Crippen molar-refractivity contribution in [2.75, 3.05) is 26.2 Å². The van der Waals surface area contributed by atoms with E-state index in [4.69, 9.17) is 9.47 Å². The quantitative estimate of drug-likeness (QED) is 0.755. The Bertz CT molecular complexity index is 928. The summed E-state index contributed by atoms with van der Waals surface area (Å²) in [6.45, 7) is 2.15. The average molecular weight is 425 g/mol. The molecule has 0 radical (unpaired) electrons. The van der Waals surface area contributed by atoms with E-state index in [1.807, 2.05) is 30.3 Å². The van der Waals surface area contributed by atoms with Crippen LogP contribution in [0, 0.1) is 0 Å². The fraction of sp³-hybridized carbons (Fsp3) is 0.480. The van der Waals surface area contributed by atoms with E-state index in [1.165, 1.54) is 11.1 Å². The molecule has 5 nitrogen and oxygen atoms in total. The van der Waals surface area contributed by atoms with E-state index in [0.29, 0.717) is 44.4 Å². The molecular weight excluding hydrogens is 395 g/mol. The van der Waals surface area contributed by atoms with Crippen LogP contribution in [0.2, 0.25) is 0 Å². The molecule has 1 amide bonds. The third kappa shape index (κ3) is 4.69. The third-order valence-electron chi connectivity index (χ3n) is 6.74. The first-order valence-corrected chi connectivity index (χ1v) is 11.2. The van der Waals surface area contributed by atoms with E-state index in [-0.39, 0.29) is 12.7 Å². The second-order valence-electron chi connectivity index (χ2n) is 8.97. The molecular formula is C25H29FN2O3. The molecule has 2 aliphatic heterocycles. The van der Waals surface area contributed by atoms with Gasteiger partial charge in [0.1, 0.15) is 18.0 Å². The monoisotopic (exact) mass is 424 g/mol. The molecule has 1 N–H and O–H groups in total. The molecule has 1 saturated carbocycles. The number of piperidine rings is 1. The van der Waals surface area contributed by atoms with Gasteiger partial charge < -0.3 is 19.7 Å². The fourth-order valence-electron chi connectivity index (χ4n) is 4.62. The van der Waals surface area contributed by atoms with Crippen LogP contribution < -0.4 is 10.1 Å². The second kappa shape index (κ2) is 8.50. The molecule has 2 aromatic carbocycles. The number of nitrogens with one attached hydrogen (secondary N) is 1. The number of carbonyl (C=O) groups is 1. The molecule has 31 heavy (non-hydrogen) atoms. The number of benzene rings is 2. The number of hydrogen-bond donors (Lipinski definition) is 1. The van der Waals surface area contributed by atoms with Crippen molar-refractivity contribution in [3.8, 4) is 5.75 Å². The van der Waals surface area contributed by atoms with Crippen molar-refractivity contribution in [1.82, 2.24) is 10.2 Å². The summed E-state index contributed by atoms with van der Waals surface area (Å²) in [7, 11) is 0. The van der Waals surface area contributed by atoms with Crippen molar-refractivity contribution in [1.29, 1.82) is 0 Å². The van der Waals surface area contributed by atoms with Crippen LogP contribution in [-0.2, 0) is 17.8 Å². The largest absolute Gasteiger partial charge is 0.493 e. The Morgan fingerprint density at radius 2 is 2.00 bits per heavy atom. The van der Waals surface area contributed by atoms with Crippen LogP contribution in [0.4, 0.5) is 9.18 Å². The molecule has 3 aliphatic rings. The molecule has 2 heterocycles. The SMILES string of the molecule is O=C(OCc1ccccc1)N1CCC(F)(CNC2CC2c2ccc3c(c2)CCO3)CC1. The molecule has 164 valence electrons. The Kier molecular flexibility index (Phi) is 5.57. The highest BCUT2D eigenvalue weighted by Crippen LogP contribution is 2.43. The fourth-order valence-corrected chi connectivity index (χ4v) is 4.62. The minimum atomic E-state index is -1.27. The standard InChI is InChI=1S/C25H29FN2O3/c26-25(9-11-28(12-10-25)24(29)31-16-18-4-2-1-3-5-18)17-27-22-15-21(22)19-6-7-23-20(14-19)8-13-30-23/h1-7,14,21-22,27H,8-13,15-17H2. The van der Waals surface area contributed by atoms with Crippen LogP contribution >= 0.6 is 0 Å². The van der Waals surface area contributed by atoms with E-state index in [0.717, 1.165) is 30.8 Å². The molecule has 1 saturated heterocycles. The molecule has 2 atom stereocenters. The average Bonchev–Trinajstić information content (AvgIpc) is 3.43. The van der Waals surface area contributed by atoms with Crippen molar-refractivity contribution in [2.45, 2.75) is 49.9 Å². The highest BCUT2D eigenvalue weighted by atomic mass is 19.1. The molecule has 6 heteroatoms. The van der Waals surface area contributed by atoms with Crippen molar-refractivity contribution in [2.24, 2.45) is 0 Å². The maximum Gasteiger partial charge on any atom is 0.410 e. The number of likely N-dealkylation sites (tertiary alicyclic amines) is 1. The van der Waals surface area contributed by atoms with Gasteiger partial charge in [-0.2, -0.15) is 0 Å². The molecule has 2 aromatic rings. The zero-order chi connectivity index (χ0) is 21.3. The van der Waals surface area contributed by atoms with Gasteiger partial charge in [-0.1, -0.05) is 42.5 Å². The van der Waals surface area contributed by atoms with Gasteiger partial charge in [-0.05, 0) is 29.2 Å². The summed E-state index contributed by atoms with van der Waals surface area (Å²) >= 11 is 0. The summed E-state index contributed by atoms with van der Waals surface area (Å²) < 4.78 is 26.3. The van der Waals surface area contributed by atoms with Crippen molar-refractivity contribution < 1.29 is 18.7 Å². The predicted molar refractivity (Wildman–Crippen MR) is 116 cm³/mol. The highest BCUT2D eigenvalue weighted by Gasteiger charge is 2.42. The van der Waals surface area contributed by atoms with Crippen LogP contribution in [0.25, 0.3) is 0 Å². The Balaban J connectivity index is 1.05. The van der Waals surface area contributed by atoms with Gasteiger partial charge in [0, 0.05) is 50.9 Å².